The van der Waals surface area contributed by atoms with Gasteiger partial charge in [0, 0.05) is 13.6 Å². The first kappa shape index (κ1) is 16.0. The summed E-state index contributed by atoms with van der Waals surface area (Å²) in [7, 11) is -1.79. The lowest BCUT2D eigenvalue weighted by Crippen LogP contribution is -2.14. The third-order valence-corrected chi connectivity index (χ3v) is 2.89. The van der Waals surface area contributed by atoms with Crippen molar-refractivity contribution in [1.29, 1.82) is 0 Å². The van der Waals surface area contributed by atoms with Crippen LogP contribution < -0.4 is 4.18 Å². The molecule has 0 aliphatic heterocycles. The van der Waals surface area contributed by atoms with Crippen LogP contribution in [0.5, 0.6) is 5.88 Å². The fourth-order valence-electron chi connectivity index (χ4n) is 1.26. The molecular formula is C13H17N3O3S. The molecule has 0 atom stereocenters. The van der Waals surface area contributed by atoms with Gasteiger partial charge in [-0.15, -0.1) is 6.42 Å². The van der Waals surface area contributed by atoms with Gasteiger partial charge in [0.25, 0.3) is 0 Å². The summed E-state index contributed by atoms with van der Waals surface area (Å²) < 4.78 is 27.1. The van der Waals surface area contributed by atoms with E-state index in [1.54, 1.807) is 19.3 Å². The first-order valence-corrected chi connectivity index (χ1v) is 7.70. The summed E-state index contributed by atoms with van der Waals surface area (Å²) in [5, 5.41) is 0. The van der Waals surface area contributed by atoms with Crippen LogP contribution in [0.15, 0.2) is 11.1 Å². The summed E-state index contributed by atoms with van der Waals surface area (Å²) in [6.07, 6.45) is 7.93. The smallest absolute Gasteiger partial charge is 0.307 e. The molecular weight excluding hydrogens is 278 g/mol. The number of aliphatic imine (C=N–C) groups is 1. The summed E-state index contributed by atoms with van der Waals surface area (Å²) in [6.45, 7) is 4.51. The van der Waals surface area contributed by atoms with E-state index in [1.165, 1.54) is 0 Å². The predicted molar refractivity (Wildman–Crippen MR) is 78.8 cm³/mol. The van der Waals surface area contributed by atoms with Crippen molar-refractivity contribution in [1.82, 2.24) is 9.88 Å². The van der Waals surface area contributed by atoms with E-state index in [1.807, 2.05) is 18.9 Å². The minimum absolute atomic E-state index is 0.102. The maximum absolute atomic E-state index is 11.2. The molecule has 1 heterocycles. The Bertz CT molecular complexity index is 660. The Morgan fingerprint density at radius 2 is 2.25 bits per heavy atom. The number of terminal acetylenes is 1. The quantitative estimate of drug-likeness (QED) is 0.354. The van der Waals surface area contributed by atoms with Gasteiger partial charge in [-0.25, -0.2) is 9.98 Å². The highest BCUT2D eigenvalue weighted by Gasteiger charge is 2.13. The molecule has 20 heavy (non-hydrogen) atoms. The molecule has 0 spiro atoms. The molecule has 0 radical (unpaired) electrons. The molecule has 0 amide bonds. The fraction of sp³-hybridized carbons (Fsp3) is 0.385. The van der Waals surface area contributed by atoms with Crippen LogP contribution in [-0.2, 0) is 10.1 Å². The second-order valence-electron chi connectivity index (χ2n) is 4.20. The minimum Gasteiger partial charge on any atom is -0.366 e. The van der Waals surface area contributed by atoms with Gasteiger partial charge in [-0.3, -0.25) is 0 Å². The zero-order valence-electron chi connectivity index (χ0n) is 11.9. The van der Waals surface area contributed by atoms with Crippen molar-refractivity contribution < 1.29 is 12.6 Å². The van der Waals surface area contributed by atoms with Crippen molar-refractivity contribution in [3.8, 4) is 18.2 Å². The van der Waals surface area contributed by atoms with Crippen LogP contribution in [0.3, 0.4) is 0 Å². The summed E-state index contributed by atoms with van der Waals surface area (Å²) in [6, 6.07) is 1.57. The standard InChI is InChI=1S/C13H17N3O3S/c1-6-11-8-12(14-9-16(4)7-2)10(3)15-13(11)19-20(5,17)18/h1,8-9H,7H2,2-5H3. The zero-order valence-corrected chi connectivity index (χ0v) is 12.7. The van der Waals surface area contributed by atoms with Crippen LogP contribution in [0.4, 0.5) is 5.69 Å². The molecule has 0 aliphatic rings. The summed E-state index contributed by atoms with van der Waals surface area (Å²) >= 11 is 0. The van der Waals surface area contributed by atoms with Gasteiger partial charge in [0.2, 0.25) is 5.88 Å². The first-order chi connectivity index (χ1) is 9.26. The molecule has 0 unspecified atom stereocenters. The second kappa shape index (κ2) is 6.39. The summed E-state index contributed by atoms with van der Waals surface area (Å²) in [5.74, 6) is 2.25. The Kier molecular flexibility index (Phi) is 5.11. The Balaban J connectivity index is 3.21. The van der Waals surface area contributed by atoms with Gasteiger partial charge < -0.3 is 9.08 Å². The van der Waals surface area contributed by atoms with Crippen molar-refractivity contribution in [2.75, 3.05) is 19.8 Å². The van der Waals surface area contributed by atoms with E-state index < -0.39 is 10.1 Å². The largest absolute Gasteiger partial charge is 0.366 e. The number of hydrogen-bond acceptors (Lipinski definition) is 5. The van der Waals surface area contributed by atoms with Crippen molar-refractivity contribution in [3.63, 3.8) is 0 Å². The molecule has 0 saturated heterocycles. The molecule has 1 aromatic heterocycles. The van der Waals surface area contributed by atoms with E-state index in [9.17, 15) is 8.42 Å². The third kappa shape index (κ3) is 4.55. The molecule has 0 fully saturated rings. The van der Waals surface area contributed by atoms with Crippen LogP contribution in [-0.4, -0.2) is 44.5 Å². The highest BCUT2D eigenvalue weighted by atomic mass is 32.2. The second-order valence-corrected chi connectivity index (χ2v) is 5.77. The topological polar surface area (TPSA) is 71.9 Å². The molecule has 1 aromatic rings. The van der Waals surface area contributed by atoms with E-state index in [0.29, 0.717) is 11.4 Å². The molecule has 0 bridgehead atoms. The average molecular weight is 295 g/mol. The predicted octanol–water partition coefficient (Wildman–Crippen LogP) is 1.32. The SMILES string of the molecule is C#Cc1cc(N=CN(C)CC)c(C)nc1OS(C)(=O)=O. The monoisotopic (exact) mass is 295 g/mol. The number of nitrogens with zero attached hydrogens (tertiary/aromatic N) is 3. The molecule has 6 nitrogen and oxygen atoms in total. The summed E-state index contributed by atoms with van der Waals surface area (Å²) in [5.41, 5.74) is 1.34. The van der Waals surface area contributed by atoms with Crippen LogP contribution in [0.2, 0.25) is 0 Å². The molecule has 0 N–H and O–H groups in total. The number of aryl methyl sites for hydroxylation is 1. The molecule has 108 valence electrons. The van der Waals surface area contributed by atoms with Crippen molar-refractivity contribution >= 4 is 22.1 Å². The van der Waals surface area contributed by atoms with Gasteiger partial charge in [0.1, 0.15) is 0 Å². The Morgan fingerprint density at radius 1 is 1.60 bits per heavy atom. The van der Waals surface area contributed by atoms with Gasteiger partial charge in [0.15, 0.2) is 0 Å². The van der Waals surface area contributed by atoms with Crippen molar-refractivity contribution in [3.05, 3.63) is 17.3 Å². The Labute approximate surface area is 119 Å². The van der Waals surface area contributed by atoms with E-state index in [-0.39, 0.29) is 11.4 Å². The molecule has 0 aliphatic carbocycles. The lowest BCUT2D eigenvalue weighted by molar-refractivity contribution is 0.481. The van der Waals surface area contributed by atoms with E-state index in [2.05, 4.69) is 15.9 Å². The lowest BCUT2D eigenvalue weighted by atomic mass is 10.2. The Hall–Kier alpha value is -2.07. The molecule has 7 heteroatoms. The van der Waals surface area contributed by atoms with E-state index in [0.717, 1.165) is 12.8 Å². The normalized spacial score (nSPS) is 11.3. The zero-order chi connectivity index (χ0) is 15.3. The average Bonchev–Trinajstić information content (AvgIpc) is 2.35. The highest BCUT2D eigenvalue weighted by Crippen LogP contribution is 2.25. The van der Waals surface area contributed by atoms with Crippen LogP contribution in [0, 0.1) is 19.3 Å². The van der Waals surface area contributed by atoms with Gasteiger partial charge in [-0.2, -0.15) is 8.42 Å². The minimum atomic E-state index is -3.67. The third-order valence-electron chi connectivity index (χ3n) is 2.43. The van der Waals surface area contributed by atoms with Gasteiger partial charge >= 0.3 is 10.1 Å². The van der Waals surface area contributed by atoms with Crippen LogP contribution >= 0.6 is 0 Å². The number of rotatable bonds is 5. The molecule has 0 saturated carbocycles. The first-order valence-electron chi connectivity index (χ1n) is 5.89. The molecule has 1 rings (SSSR count). The van der Waals surface area contributed by atoms with Gasteiger partial charge in [0.05, 0.1) is 29.5 Å². The fourth-order valence-corrected chi connectivity index (χ4v) is 1.67. The van der Waals surface area contributed by atoms with Gasteiger partial charge in [-0.05, 0) is 19.9 Å². The lowest BCUT2D eigenvalue weighted by Gasteiger charge is -2.10. The van der Waals surface area contributed by atoms with Gasteiger partial charge in [-0.1, -0.05) is 5.92 Å². The van der Waals surface area contributed by atoms with Crippen LogP contribution in [0.25, 0.3) is 0 Å². The number of aromatic nitrogens is 1. The maximum atomic E-state index is 11.2. The van der Waals surface area contributed by atoms with Crippen LogP contribution in [0.1, 0.15) is 18.2 Å². The van der Waals surface area contributed by atoms with E-state index in [4.69, 9.17) is 10.6 Å². The number of hydrogen-bond donors (Lipinski definition) is 0. The molecule has 0 aromatic carbocycles. The number of pyridine rings is 1. The Morgan fingerprint density at radius 3 is 2.75 bits per heavy atom. The van der Waals surface area contributed by atoms with Crippen molar-refractivity contribution in [2.45, 2.75) is 13.8 Å². The highest BCUT2D eigenvalue weighted by molar-refractivity contribution is 7.86. The van der Waals surface area contributed by atoms with Crippen molar-refractivity contribution in [2.24, 2.45) is 4.99 Å². The maximum Gasteiger partial charge on any atom is 0.307 e. The van der Waals surface area contributed by atoms with E-state index >= 15 is 0 Å². The summed E-state index contributed by atoms with van der Waals surface area (Å²) in [4.78, 5) is 10.2.